The lowest BCUT2D eigenvalue weighted by Crippen LogP contribution is -2.23. The van der Waals surface area contributed by atoms with E-state index in [0.29, 0.717) is 17.1 Å². The fourth-order valence-electron chi connectivity index (χ4n) is 2.51. The van der Waals surface area contributed by atoms with Gasteiger partial charge < -0.3 is 19.0 Å². The summed E-state index contributed by atoms with van der Waals surface area (Å²) in [7, 11) is 0. The maximum atomic E-state index is 12.4. The zero-order chi connectivity index (χ0) is 19.2. The third-order valence-corrected chi connectivity index (χ3v) is 3.90. The van der Waals surface area contributed by atoms with Crippen molar-refractivity contribution >= 4 is 5.91 Å². The molecule has 140 valence electrons. The number of nitrogens with zero attached hydrogens (tertiary/aromatic N) is 3. The Labute approximate surface area is 160 Å². The predicted molar refractivity (Wildman–Crippen MR) is 98.2 cm³/mol. The summed E-state index contributed by atoms with van der Waals surface area (Å²) in [6.07, 6.45) is 4.74. The third kappa shape index (κ3) is 4.07. The molecule has 0 unspecified atom stereocenters. The van der Waals surface area contributed by atoms with E-state index in [1.165, 1.54) is 6.26 Å². The van der Waals surface area contributed by atoms with Crippen LogP contribution in [-0.2, 0) is 13.2 Å². The minimum atomic E-state index is -0.389. The number of amides is 1. The van der Waals surface area contributed by atoms with Crippen molar-refractivity contribution in [2.45, 2.75) is 13.2 Å². The Bertz CT molecular complexity index is 1040. The topological polar surface area (TPSA) is 103 Å². The lowest BCUT2D eigenvalue weighted by Gasteiger charge is -2.06. The summed E-state index contributed by atoms with van der Waals surface area (Å²) in [5, 5.41) is 6.61. The van der Waals surface area contributed by atoms with Crippen LogP contribution in [0.25, 0.3) is 11.4 Å². The highest BCUT2D eigenvalue weighted by Crippen LogP contribution is 2.17. The van der Waals surface area contributed by atoms with Crippen molar-refractivity contribution in [3.05, 3.63) is 84.4 Å². The van der Waals surface area contributed by atoms with Crippen LogP contribution in [0.4, 0.5) is 0 Å². The SMILES string of the molecule is O=C(NCc1nc(-c2ccncc2)no1)c1occc1COc1ccccc1. The van der Waals surface area contributed by atoms with Crippen LogP contribution in [0.1, 0.15) is 22.0 Å². The average molecular weight is 376 g/mol. The van der Waals surface area contributed by atoms with Gasteiger partial charge in [-0.05, 0) is 30.3 Å². The van der Waals surface area contributed by atoms with Crippen LogP contribution in [0.15, 0.2) is 76.1 Å². The number of hydrogen-bond acceptors (Lipinski definition) is 7. The minimum Gasteiger partial charge on any atom is -0.489 e. The number of para-hydroxylation sites is 1. The Hall–Kier alpha value is -3.94. The Balaban J connectivity index is 1.36. The van der Waals surface area contributed by atoms with E-state index in [1.807, 2.05) is 30.3 Å². The van der Waals surface area contributed by atoms with Gasteiger partial charge in [0.1, 0.15) is 12.4 Å². The van der Waals surface area contributed by atoms with Crippen LogP contribution in [0.5, 0.6) is 5.75 Å². The lowest BCUT2D eigenvalue weighted by molar-refractivity contribution is 0.0915. The Morgan fingerprint density at radius 2 is 1.89 bits per heavy atom. The second-order valence-electron chi connectivity index (χ2n) is 5.81. The van der Waals surface area contributed by atoms with E-state index in [0.717, 1.165) is 5.56 Å². The molecule has 28 heavy (non-hydrogen) atoms. The number of ether oxygens (including phenoxy) is 1. The van der Waals surface area contributed by atoms with Gasteiger partial charge in [0.25, 0.3) is 5.91 Å². The number of carbonyl (C=O) groups is 1. The van der Waals surface area contributed by atoms with Crippen molar-refractivity contribution in [2.24, 2.45) is 0 Å². The van der Waals surface area contributed by atoms with E-state index in [1.54, 1.807) is 30.6 Å². The average Bonchev–Trinajstić information content (AvgIpc) is 3.41. The van der Waals surface area contributed by atoms with Crippen LogP contribution in [0.3, 0.4) is 0 Å². The van der Waals surface area contributed by atoms with Gasteiger partial charge in [0.2, 0.25) is 11.7 Å². The van der Waals surface area contributed by atoms with Gasteiger partial charge in [-0.1, -0.05) is 23.4 Å². The number of carbonyl (C=O) groups excluding carboxylic acids is 1. The number of nitrogens with one attached hydrogen (secondary N) is 1. The van der Waals surface area contributed by atoms with Crippen LogP contribution < -0.4 is 10.1 Å². The second kappa shape index (κ2) is 8.17. The Morgan fingerprint density at radius 1 is 1.07 bits per heavy atom. The summed E-state index contributed by atoms with van der Waals surface area (Å²) in [5.41, 5.74) is 1.42. The number of hydrogen-bond donors (Lipinski definition) is 1. The number of rotatable bonds is 7. The van der Waals surface area contributed by atoms with Crippen LogP contribution in [0.2, 0.25) is 0 Å². The quantitative estimate of drug-likeness (QED) is 0.528. The first-order chi connectivity index (χ1) is 13.8. The lowest BCUT2D eigenvalue weighted by atomic mass is 10.2. The van der Waals surface area contributed by atoms with Gasteiger partial charge in [0.15, 0.2) is 5.76 Å². The summed E-state index contributed by atoms with van der Waals surface area (Å²) in [6, 6.07) is 14.6. The largest absolute Gasteiger partial charge is 0.489 e. The van der Waals surface area contributed by atoms with E-state index in [-0.39, 0.29) is 30.7 Å². The molecule has 0 bridgehead atoms. The Kier molecular flexibility index (Phi) is 5.10. The number of pyridine rings is 1. The van der Waals surface area contributed by atoms with Crippen LogP contribution in [-0.4, -0.2) is 21.0 Å². The minimum absolute atomic E-state index is 0.0800. The first kappa shape index (κ1) is 17.5. The maximum Gasteiger partial charge on any atom is 0.287 e. The molecule has 3 heterocycles. The summed E-state index contributed by atoms with van der Waals surface area (Å²) >= 11 is 0. The smallest absolute Gasteiger partial charge is 0.287 e. The van der Waals surface area contributed by atoms with Crippen molar-refractivity contribution in [3.63, 3.8) is 0 Å². The van der Waals surface area contributed by atoms with Gasteiger partial charge in [-0.25, -0.2) is 0 Å². The number of aromatic nitrogens is 3. The summed E-state index contributed by atoms with van der Waals surface area (Å²) in [4.78, 5) is 20.6. The van der Waals surface area contributed by atoms with Crippen molar-refractivity contribution in [3.8, 4) is 17.1 Å². The first-order valence-electron chi connectivity index (χ1n) is 8.55. The summed E-state index contributed by atoms with van der Waals surface area (Å²) in [6.45, 7) is 0.298. The zero-order valence-corrected chi connectivity index (χ0v) is 14.7. The molecule has 0 atom stereocenters. The summed E-state index contributed by atoms with van der Waals surface area (Å²) in [5.74, 6) is 1.23. The molecule has 8 nitrogen and oxygen atoms in total. The second-order valence-corrected chi connectivity index (χ2v) is 5.81. The third-order valence-electron chi connectivity index (χ3n) is 3.90. The molecule has 8 heteroatoms. The number of benzene rings is 1. The Morgan fingerprint density at radius 3 is 2.71 bits per heavy atom. The van der Waals surface area contributed by atoms with Gasteiger partial charge in [0, 0.05) is 23.5 Å². The molecule has 0 aliphatic heterocycles. The normalized spacial score (nSPS) is 10.6. The molecule has 1 aromatic carbocycles. The van der Waals surface area contributed by atoms with Gasteiger partial charge in [-0.2, -0.15) is 4.98 Å². The first-order valence-corrected chi connectivity index (χ1v) is 8.55. The van der Waals surface area contributed by atoms with Crippen LogP contribution >= 0.6 is 0 Å². The van der Waals surface area contributed by atoms with Crippen LogP contribution in [0, 0.1) is 0 Å². The van der Waals surface area contributed by atoms with Gasteiger partial charge >= 0.3 is 0 Å². The molecule has 0 fully saturated rings. The highest BCUT2D eigenvalue weighted by molar-refractivity contribution is 5.92. The van der Waals surface area contributed by atoms with Crippen molar-refractivity contribution in [1.82, 2.24) is 20.4 Å². The van der Waals surface area contributed by atoms with Gasteiger partial charge in [-0.15, -0.1) is 0 Å². The molecule has 0 radical (unpaired) electrons. The standard InChI is InChI=1S/C20H16N4O4/c25-20(18-15(8-11-26-18)13-27-16-4-2-1-3-5-16)22-12-17-23-19(24-28-17)14-6-9-21-10-7-14/h1-11H,12-13H2,(H,22,25). The maximum absolute atomic E-state index is 12.4. The van der Waals surface area contributed by atoms with E-state index >= 15 is 0 Å². The molecular formula is C20H16N4O4. The van der Waals surface area contributed by atoms with Crippen molar-refractivity contribution < 1.29 is 18.5 Å². The molecule has 1 amide bonds. The molecule has 0 aliphatic carbocycles. The van der Waals surface area contributed by atoms with E-state index < -0.39 is 0 Å². The number of furan rings is 1. The molecular weight excluding hydrogens is 360 g/mol. The molecule has 4 aromatic rings. The molecule has 1 N–H and O–H groups in total. The highest BCUT2D eigenvalue weighted by atomic mass is 16.5. The summed E-state index contributed by atoms with van der Waals surface area (Å²) < 4.78 is 16.2. The molecule has 3 aromatic heterocycles. The fraction of sp³-hybridized carbons (Fsp3) is 0.100. The molecule has 0 saturated heterocycles. The monoisotopic (exact) mass is 376 g/mol. The van der Waals surface area contributed by atoms with Gasteiger partial charge in [0.05, 0.1) is 12.8 Å². The van der Waals surface area contributed by atoms with Gasteiger partial charge in [-0.3, -0.25) is 9.78 Å². The fourth-order valence-corrected chi connectivity index (χ4v) is 2.51. The van der Waals surface area contributed by atoms with Crippen molar-refractivity contribution in [2.75, 3.05) is 0 Å². The highest BCUT2D eigenvalue weighted by Gasteiger charge is 2.17. The zero-order valence-electron chi connectivity index (χ0n) is 14.7. The molecule has 4 rings (SSSR count). The van der Waals surface area contributed by atoms with E-state index in [2.05, 4.69) is 20.4 Å². The van der Waals surface area contributed by atoms with E-state index in [4.69, 9.17) is 13.7 Å². The van der Waals surface area contributed by atoms with Crippen molar-refractivity contribution in [1.29, 1.82) is 0 Å². The van der Waals surface area contributed by atoms with E-state index in [9.17, 15) is 4.79 Å². The molecule has 0 aliphatic rings. The molecule has 0 saturated carbocycles. The molecule has 0 spiro atoms. The predicted octanol–water partition coefficient (Wildman–Crippen LogP) is 3.23.